The standard InChI is InChI=1S/C11H9F3N2O3/c12-11(13,14)10(19)16-4-2-8-7(5-16)6(9(17)18)1-3-15-8/h1,3H,2,4-5H2,(H,17,18). The van der Waals surface area contributed by atoms with Crippen LogP contribution >= 0.6 is 0 Å². The number of aromatic carboxylic acids is 1. The molecule has 0 radical (unpaired) electrons. The van der Waals surface area contributed by atoms with Crippen LogP contribution in [0.4, 0.5) is 13.2 Å². The summed E-state index contributed by atoms with van der Waals surface area (Å²) in [7, 11) is 0. The molecule has 0 saturated heterocycles. The van der Waals surface area contributed by atoms with Gasteiger partial charge in [-0.05, 0) is 6.07 Å². The molecule has 1 N–H and O–H groups in total. The Hall–Kier alpha value is -2.12. The first kappa shape index (κ1) is 13.3. The molecular formula is C11H9F3N2O3. The van der Waals surface area contributed by atoms with Crippen molar-refractivity contribution in [2.75, 3.05) is 6.54 Å². The molecule has 1 aromatic rings. The zero-order chi connectivity index (χ0) is 14.2. The number of carboxylic acids is 1. The van der Waals surface area contributed by atoms with Crippen LogP contribution < -0.4 is 0 Å². The van der Waals surface area contributed by atoms with E-state index in [0.29, 0.717) is 10.6 Å². The number of carbonyl (C=O) groups is 2. The van der Waals surface area contributed by atoms with Crippen LogP contribution in [0, 0.1) is 0 Å². The van der Waals surface area contributed by atoms with Crippen molar-refractivity contribution in [3.63, 3.8) is 0 Å². The maximum Gasteiger partial charge on any atom is 0.471 e. The number of fused-ring (bicyclic) bond motifs is 1. The van der Waals surface area contributed by atoms with Crippen LogP contribution in [-0.4, -0.2) is 39.6 Å². The average molecular weight is 274 g/mol. The molecule has 0 fully saturated rings. The highest BCUT2D eigenvalue weighted by atomic mass is 19.4. The van der Waals surface area contributed by atoms with Crippen LogP contribution in [0.5, 0.6) is 0 Å². The molecule has 2 rings (SSSR count). The zero-order valence-corrected chi connectivity index (χ0v) is 9.57. The summed E-state index contributed by atoms with van der Waals surface area (Å²) in [6, 6.07) is 1.21. The number of carboxylic acid groups (broad SMARTS) is 1. The van der Waals surface area contributed by atoms with Crippen LogP contribution in [0.3, 0.4) is 0 Å². The molecule has 5 nitrogen and oxygen atoms in total. The third-order valence-corrected chi connectivity index (χ3v) is 2.87. The lowest BCUT2D eigenvalue weighted by atomic mass is 10.00. The first-order valence-corrected chi connectivity index (χ1v) is 5.37. The van der Waals surface area contributed by atoms with Gasteiger partial charge in [-0.25, -0.2) is 4.79 Å². The number of hydrogen-bond donors (Lipinski definition) is 1. The second-order valence-corrected chi connectivity index (χ2v) is 4.06. The van der Waals surface area contributed by atoms with E-state index in [9.17, 15) is 22.8 Å². The van der Waals surface area contributed by atoms with Gasteiger partial charge in [0, 0.05) is 37.0 Å². The van der Waals surface area contributed by atoms with E-state index in [1.165, 1.54) is 12.3 Å². The molecule has 1 aromatic heterocycles. The first-order valence-electron chi connectivity index (χ1n) is 5.37. The minimum absolute atomic E-state index is 0.109. The number of amides is 1. The lowest BCUT2D eigenvalue weighted by Gasteiger charge is -2.29. The fraction of sp³-hybridized carbons (Fsp3) is 0.364. The zero-order valence-electron chi connectivity index (χ0n) is 9.57. The fourth-order valence-electron chi connectivity index (χ4n) is 1.99. The topological polar surface area (TPSA) is 70.5 Å². The van der Waals surface area contributed by atoms with Gasteiger partial charge in [-0.15, -0.1) is 0 Å². The number of alkyl halides is 3. The Morgan fingerprint density at radius 2 is 2.05 bits per heavy atom. The van der Waals surface area contributed by atoms with Gasteiger partial charge >= 0.3 is 18.1 Å². The predicted octanol–water partition coefficient (Wildman–Crippen LogP) is 1.23. The summed E-state index contributed by atoms with van der Waals surface area (Å²) in [5.41, 5.74) is 0.467. The first-order chi connectivity index (χ1) is 8.80. The van der Waals surface area contributed by atoms with Gasteiger partial charge in [-0.3, -0.25) is 9.78 Å². The normalized spacial score (nSPS) is 15.0. The molecule has 8 heteroatoms. The molecule has 1 aliphatic rings. The quantitative estimate of drug-likeness (QED) is 0.836. The summed E-state index contributed by atoms with van der Waals surface area (Å²) >= 11 is 0. The molecular weight excluding hydrogens is 265 g/mol. The largest absolute Gasteiger partial charge is 0.478 e. The summed E-state index contributed by atoms with van der Waals surface area (Å²) < 4.78 is 37.0. The molecule has 102 valence electrons. The molecule has 0 aliphatic carbocycles. The van der Waals surface area contributed by atoms with Crippen molar-refractivity contribution in [1.82, 2.24) is 9.88 Å². The minimum atomic E-state index is -4.96. The Morgan fingerprint density at radius 1 is 1.37 bits per heavy atom. The van der Waals surface area contributed by atoms with Gasteiger partial charge in [-0.2, -0.15) is 13.2 Å². The van der Waals surface area contributed by atoms with E-state index in [0.717, 1.165) is 0 Å². The van der Waals surface area contributed by atoms with Gasteiger partial charge in [0.05, 0.1) is 5.56 Å². The molecule has 0 saturated carbocycles. The third-order valence-electron chi connectivity index (χ3n) is 2.87. The number of nitrogens with zero attached hydrogens (tertiary/aromatic N) is 2. The highest BCUT2D eigenvalue weighted by Crippen LogP contribution is 2.25. The van der Waals surface area contributed by atoms with Crippen LogP contribution in [0.1, 0.15) is 21.6 Å². The minimum Gasteiger partial charge on any atom is -0.478 e. The molecule has 0 atom stereocenters. The number of aromatic nitrogens is 1. The van der Waals surface area contributed by atoms with Crippen LogP contribution in [-0.2, 0) is 17.8 Å². The Kier molecular flexibility index (Phi) is 3.17. The van der Waals surface area contributed by atoms with E-state index in [-0.39, 0.29) is 30.6 Å². The number of hydrogen-bond acceptors (Lipinski definition) is 3. The Bertz CT molecular complexity index is 542. The van der Waals surface area contributed by atoms with Crippen molar-refractivity contribution < 1.29 is 27.9 Å². The van der Waals surface area contributed by atoms with Gasteiger partial charge in [0.1, 0.15) is 0 Å². The number of carbonyl (C=O) groups excluding carboxylic acids is 1. The third kappa shape index (κ3) is 2.51. The molecule has 0 unspecified atom stereocenters. The van der Waals surface area contributed by atoms with Crippen molar-refractivity contribution in [3.8, 4) is 0 Å². The SMILES string of the molecule is O=C(O)c1ccnc2c1CN(C(=O)C(F)(F)F)CC2. The van der Waals surface area contributed by atoms with Gasteiger partial charge < -0.3 is 10.0 Å². The lowest BCUT2D eigenvalue weighted by Crippen LogP contribution is -2.44. The molecule has 19 heavy (non-hydrogen) atoms. The van der Waals surface area contributed by atoms with E-state index in [1.54, 1.807) is 0 Å². The van der Waals surface area contributed by atoms with Gasteiger partial charge in [0.15, 0.2) is 0 Å². The van der Waals surface area contributed by atoms with E-state index in [4.69, 9.17) is 5.11 Å². The molecule has 0 bridgehead atoms. The second-order valence-electron chi connectivity index (χ2n) is 4.06. The van der Waals surface area contributed by atoms with E-state index >= 15 is 0 Å². The molecule has 1 aliphatic heterocycles. The van der Waals surface area contributed by atoms with Gasteiger partial charge in [0.2, 0.25) is 0 Å². The molecule has 0 aromatic carbocycles. The Morgan fingerprint density at radius 3 is 2.63 bits per heavy atom. The lowest BCUT2D eigenvalue weighted by molar-refractivity contribution is -0.186. The van der Waals surface area contributed by atoms with Crippen molar-refractivity contribution in [2.45, 2.75) is 19.1 Å². The summed E-state index contributed by atoms with van der Waals surface area (Å²) in [5.74, 6) is -3.21. The summed E-state index contributed by atoms with van der Waals surface area (Å²) in [6.07, 6.45) is -3.55. The van der Waals surface area contributed by atoms with Crippen molar-refractivity contribution in [3.05, 3.63) is 29.1 Å². The van der Waals surface area contributed by atoms with E-state index < -0.39 is 18.1 Å². The van der Waals surface area contributed by atoms with Gasteiger partial charge in [-0.1, -0.05) is 0 Å². The smallest absolute Gasteiger partial charge is 0.471 e. The van der Waals surface area contributed by atoms with Crippen LogP contribution in [0.15, 0.2) is 12.3 Å². The molecule has 0 spiro atoms. The molecule has 1 amide bonds. The highest BCUT2D eigenvalue weighted by molar-refractivity contribution is 5.90. The number of pyridine rings is 1. The Balaban J connectivity index is 2.33. The monoisotopic (exact) mass is 274 g/mol. The van der Waals surface area contributed by atoms with E-state index in [1.807, 2.05) is 0 Å². The Labute approximate surface area is 105 Å². The highest BCUT2D eigenvalue weighted by Gasteiger charge is 2.43. The number of rotatable bonds is 1. The summed E-state index contributed by atoms with van der Waals surface area (Å²) in [5, 5.41) is 8.97. The maximum absolute atomic E-state index is 12.3. The summed E-state index contributed by atoms with van der Waals surface area (Å²) in [4.78, 5) is 26.7. The van der Waals surface area contributed by atoms with Crippen molar-refractivity contribution in [2.24, 2.45) is 0 Å². The van der Waals surface area contributed by atoms with Crippen LogP contribution in [0.2, 0.25) is 0 Å². The van der Waals surface area contributed by atoms with E-state index in [2.05, 4.69) is 4.98 Å². The molecule has 2 heterocycles. The number of halogens is 3. The summed E-state index contributed by atoms with van der Waals surface area (Å²) in [6.45, 7) is -0.509. The maximum atomic E-state index is 12.3. The van der Waals surface area contributed by atoms with Crippen molar-refractivity contribution in [1.29, 1.82) is 0 Å². The fourth-order valence-corrected chi connectivity index (χ4v) is 1.99. The van der Waals surface area contributed by atoms with Crippen LogP contribution in [0.25, 0.3) is 0 Å². The predicted molar refractivity (Wildman–Crippen MR) is 56.4 cm³/mol. The average Bonchev–Trinajstić information content (AvgIpc) is 2.35. The van der Waals surface area contributed by atoms with Gasteiger partial charge in [0.25, 0.3) is 0 Å². The second kappa shape index (κ2) is 4.52. The van der Waals surface area contributed by atoms with Crippen molar-refractivity contribution >= 4 is 11.9 Å².